The Kier molecular flexibility index (Phi) is 4.44. The van der Waals surface area contributed by atoms with Gasteiger partial charge in [-0.1, -0.05) is 12.8 Å². The standard InChI is InChI=1S/C13H22N2O3/c16-12(17)11-7-3-1-6-10-15(11)13(18)14-8-4-2-5-9-14/h11H,1-10H2,(H,16,17). The molecule has 1 atom stereocenters. The van der Waals surface area contributed by atoms with E-state index >= 15 is 0 Å². The van der Waals surface area contributed by atoms with E-state index in [1.807, 2.05) is 4.90 Å². The van der Waals surface area contributed by atoms with Gasteiger partial charge in [0.15, 0.2) is 0 Å². The van der Waals surface area contributed by atoms with E-state index in [1.165, 1.54) is 6.42 Å². The van der Waals surface area contributed by atoms with Gasteiger partial charge in [-0.15, -0.1) is 0 Å². The highest BCUT2D eigenvalue weighted by atomic mass is 16.4. The van der Waals surface area contributed by atoms with Gasteiger partial charge in [0.05, 0.1) is 0 Å². The van der Waals surface area contributed by atoms with Gasteiger partial charge in [0.25, 0.3) is 0 Å². The zero-order chi connectivity index (χ0) is 13.0. The van der Waals surface area contributed by atoms with E-state index < -0.39 is 12.0 Å². The zero-order valence-electron chi connectivity index (χ0n) is 10.8. The lowest BCUT2D eigenvalue weighted by atomic mass is 10.1. The van der Waals surface area contributed by atoms with E-state index in [0.717, 1.165) is 45.2 Å². The fourth-order valence-electron chi connectivity index (χ4n) is 2.86. The summed E-state index contributed by atoms with van der Waals surface area (Å²) in [6.07, 6.45) is 6.69. The Morgan fingerprint density at radius 3 is 2.17 bits per heavy atom. The Morgan fingerprint density at radius 2 is 1.50 bits per heavy atom. The van der Waals surface area contributed by atoms with Crippen LogP contribution >= 0.6 is 0 Å². The number of carbonyl (C=O) groups excluding carboxylic acids is 1. The number of rotatable bonds is 1. The Morgan fingerprint density at radius 1 is 0.889 bits per heavy atom. The molecular formula is C13H22N2O3. The van der Waals surface area contributed by atoms with Crippen molar-refractivity contribution in [1.82, 2.24) is 9.80 Å². The monoisotopic (exact) mass is 254 g/mol. The molecule has 0 bridgehead atoms. The normalized spacial score (nSPS) is 25.7. The van der Waals surface area contributed by atoms with Gasteiger partial charge < -0.3 is 14.9 Å². The lowest BCUT2D eigenvalue weighted by Crippen LogP contribution is -2.52. The van der Waals surface area contributed by atoms with Crippen LogP contribution in [0.2, 0.25) is 0 Å². The van der Waals surface area contributed by atoms with Crippen molar-refractivity contribution in [3.63, 3.8) is 0 Å². The van der Waals surface area contributed by atoms with E-state index in [0.29, 0.717) is 13.0 Å². The minimum Gasteiger partial charge on any atom is -0.480 e. The second-order valence-corrected chi connectivity index (χ2v) is 5.23. The van der Waals surface area contributed by atoms with Crippen molar-refractivity contribution in [2.75, 3.05) is 19.6 Å². The van der Waals surface area contributed by atoms with Crippen molar-refractivity contribution in [1.29, 1.82) is 0 Å². The molecule has 2 aliphatic rings. The number of aliphatic carboxylic acids is 1. The largest absolute Gasteiger partial charge is 0.480 e. The number of hydrogen-bond donors (Lipinski definition) is 1. The molecule has 2 amide bonds. The maximum Gasteiger partial charge on any atom is 0.326 e. The van der Waals surface area contributed by atoms with Crippen LogP contribution in [0.15, 0.2) is 0 Å². The Bertz CT molecular complexity index is 313. The molecular weight excluding hydrogens is 232 g/mol. The molecule has 102 valence electrons. The fraction of sp³-hybridized carbons (Fsp3) is 0.846. The minimum absolute atomic E-state index is 0.0657. The van der Waals surface area contributed by atoms with Gasteiger partial charge in [0.1, 0.15) is 6.04 Å². The van der Waals surface area contributed by atoms with Crippen LogP contribution in [-0.4, -0.2) is 52.6 Å². The highest BCUT2D eigenvalue weighted by Gasteiger charge is 2.33. The van der Waals surface area contributed by atoms with Crippen molar-refractivity contribution in [3.05, 3.63) is 0 Å². The third-order valence-corrected chi connectivity index (χ3v) is 3.91. The van der Waals surface area contributed by atoms with Gasteiger partial charge in [-0.05, 0) is 32.1 Å². The van der Waals surface area contributed by atoms with Crippen molar-refractivity contribution < 1.29 is 14.7 Å². The van der Waals surface area contributed by atoms with E-state index in [-0.39, 0.29) is 6.03 Å². The molecule has 2 aliphatic heterocycles. The van der Waals surface area contributed by atoms with E-state index in [9.17, 15) is 14.7 Å². The van der Waals surface area contributed by atoms with Crippen LogP contribution in [0.5, 0.6) is 0 Å². The minimum atomic E-state index is -0.859. The quantitative estimate of drug-likeness (QED) is 0.777. The maximum atomic E-state index is 12.4. The summed E-state index contributed by atoms with van der Waals surface area (Å²) in [5.41, 5.74) is 0. The first-order chi connectivity index (χ1) is 8.70. The molecule has 1 unspecified atom stereocenters. The molecule has 1 N–H and O–H groups in total. The van der Waals surface area contributed by atoms with Gasteiger partial charge in [-0.25, -0.2) is 9.59 Å². The molecule has 5 nitrogen and oxygen atoms in total. The van der Waals surface area contributed by atoms with Crippen LogP contribution in [0.25, 0.3) is 0 Å². The molecule has 0 aliphatic carbocycles. The Balaban J connectivity index is 2.06. The average molecular weight is 254 g/mol. The SMILES string of the molecule is O=C(O)C1CCCCCN1C(=O)N1CCCCC1. The van der Waals surface area contributed by atoms with E-state index in [2.05, 4.69) is 0 Å². The molecule has 0 saturated carbocycles. The third kappa shape index (κ3) is 2.94. The molecule has 2 saturated heterocycles. The van der Waals surface area contributed by atoms with E-state index in [4.69, 9.17) is 0 Å². The van der Waals surface area contributed by atoms with Gasteiger partial charge in [-0.3, -0.25) is 0 Å². The first-order valence-electron chi connectivity index (χ1n) is 6.98. The molecule has 0 aromatic carbocycles. The lowest BCUT2D eigenvalue weighted by molar-refractivity contribution is -0.142. The lowest BCUT2D eigenvalue weighted by Gasteiger charge is -2.35. The third-order valence-electron chi connectivity index (χ3n) is 3.91. The predicted octanol–water partition coefficient (Wildman–Crippen LogP) is 1.92. The van der Waals surface area contributed by atoms with Crippen molar-refractivity contribution in [3.8, 4) is 0 Å². The first-order valence-corrected chi connectivity index (χ1v) is 6.98. The topological polar surface area (TPSA) is 60.9 Å². The molecule has 0 radical (unpaired) electrons. The summed E-state index contributed by atoms with van der Waals surface area (Å²) < 4.78 is 0. The Labute approximate surface area is 108 Å². The van der Waals surface area contributed by atoms with Crippen LogP contribution in [-0.2, 0) is 4.79 Å². The average Bonchev–Trinajstić information content (AvgIpc) is 2.64. The van der Waals surface area contributed by atoms with Crippen molar-refractivity contribution in [2.24, 2.45) is 0 Å². The highest BCUT2D eigenvalue weighted by Crippen LogP contribution is 2.20. The number of hydrogen-bond acceptors (Lipinski definition) is 2. The molecule has 0 aromatic heterocycles. The summed E-state index contributed by atoms with van der Waals surface area (Å²) in [4.78, 5) is 27.1. The number of carbonyl (C=O) groups is 2. The van der Waals surface area contributed by atoms with Crippen LogP contribution in [0.3, 0.4) is 0 Å². The summed E-state index contributed by atoms with van der Waals surface area (Å²) in [5, 5.41) is 9.27. The van der Waals surface area contributed by atoms with Gasteiger partial charge in [-0.2, -0.15) is 0 Å². The number of carboxylic acids is 1. The van der Waals surface area contributed by atoms with Crippen LogP contribution in [0.1, 0.15) is 44.9 Å². The van der Waals surface area contributed by atoms with Gasteiger partial charge >= 0.3 is 12.0 Å². The molecule has 5 heteroatoms. The summed E-state index contributed by atoms with van der Waals surface area (Å²) in [6.45, 7) is 2.15. The molecule has 2 rings (SSSR count). The first kappa shape index (κ1) is 13.2. The smallest absolute Gasteiger partial charge is 0.326 e. The number of amides is 2. The molecule has 0 spiro atoms. The second kappa shape index (κ2) is 6.07. The highest BCUT2D eigenvalue weighted by molar-refractivity contribution is 5.82. The number of carboxylic acid groups (broad SMARTS) is 1. The van der Waals surface area contributed by atoms with Crippen LogP contribution in [0, 0.1) is 0 Å². The number of nitrogens with zero attached hydrogens (tertiary/aromatic N) is 2. The molecule has 2 heterocycles. The molecule has 18 heavy (non-hydrogen) atoms. The Hall–Kier alpha value is -1.26. The van der Waals surface area contributed by atoms with Crippen molar-refractivity contribution in [2.45, 2.75) is 51.0 Å². The van der Waals surface area contributed by atoms with Gasteiger partial charge in [0.2, 0.25) is 0 Å². The fourth-order valence-corrected chi connectivity index (χ4v) is 2.86. The maximum absolute atomic E-state index is 12.4. The number of likely N-dealkylation sites (tertiary alicyclic amines) is 2. The summed E-state index contributed by atoms with van der Waals surface area (Å²) in [6, 6.07) is -0.689. The summed E-state index contributed by atoms with van der Waals surface area (Å²) in [7, 11) is 0. The summed E-state index contributed by atoms with van der Waals surface area (Å²) >= 11 is 0. The van der Waals surface area contributed by atoms with Gasteiger partial charge in [0, 0.05) is 19.6 Å². The van der Waals surface area contributed by atoms with Crippen molar-refractivity contribution >= 4 is 12.0 Å². The molecule has 2 fully saturated rings. The molecule has 0 aromatic rings. The van der Waals surface area contributed by atoms with E-state index in [1.54, 1.807) is 4.90 Å². The summed E-state index contributed by atoms with van der Waals surface area (Å²) in [5.74, 6) is -0.859. The zero-order valence-corrected chi connectivity index (χ0v) is 10.8. The van der Waals surface area contributed by atoms with Crippen LogP contribution in [0.4, 0.5) is 4.79 Å². The predicted molar refractivity (Wildman–Crippen MR) is 67.4 cm³/mol. The van der Waals surface area contributed by atoms with Crippen LogP contribution < -0.4 is 0 Å². The number of piperidine rings is 1. The number of urea groups is 1. The second-order valence-electron chi connectivity index (χ2n) is 5.23.